The highest BCUT2D eigenvalue weighted by Crippen LogP contribution is 2.22. The van der Waals surface area contributed by atoms with E-state index in [1.54, 1.807) is 0 Å². The van der Waals surface area contributed by atoms with Crippen LogP contribution in [0, 0.1) is 11.3 Å². The second-order valence-electron chi connectivity index (χ2n) is 6.59. The largest absolute Gasteiger partial charge is 0.296 e. The lowest BCUT2D eigenvalue weighted by molar-refractivity contribution is 0.0196. The predicted octanol–water partition coefficient (Wildman–Crippen LogP) is 2.88. The van der Waals surface area contributed by atoms with Crippen LogP contribution < -0.4 is 0 Å². The van der Waals surface area contributed by atoms with E-state index in [1.807, 2.05) is 6.07 Å². The normalized spacial score (nSPS) is 21.6. The molecule has 0 unspecified atom stereocenters. The molecule has 0 saturated carbocycles. The Kier molecular flexibility index (Phi) is 4.80. The Morgan fingerprint density at radius 3 is 2.50 bits per heavy atom. The SMILES string of the molecule is CC(C)(C)N1CCN(Cc2ccccc2)[C@@H](CC#N)C1. The molecule has 0 amide bonds. The number of piperazine rings is 1. The van der Waals surface area contributed by atoms with Gasteiger partial charge in [0, 0.05) is 37.8 Å². The first kappa shape index (κ1) is 15.0. The Labute approximate surface area is 122 Å². The minimum atomic E-state index is 0.187. The first-order chi connectivity index (χ1) is 9.50. The molecule has 1 heterocycles. The molecule has 0 N–H and O–H groups in total. The maximum Gasteiger partial charge on any atom is 0.0638 e. The summed E-state index contributed by atoms with van der Waals surface area (Å²) in [7, 11) is 0. The van der Waals surface area contributed by atoms with Crippen molar-refractivity contribution in [1.29, 1.82) is 5.26 Å². The number of rotatable bonds is 3. The van der Waals surface area contributed by atoms with Crippen LogP contribution in [0.5, 0.6) is 0 Å². The van der Waals surface area contributed by atoms with Gasteiger partial charge < -0.3 is 0 Å². The second-order valence-corrected chi connectivity index (χ2v) is 6.59. The van der Waals surface area contributed by atoms with E-state index in [2.05, 4.69) is 60.9 Å². The molecule has 0 aromatic heterocycles. The van der Waals surface area contributed by atoms with Gasteiger partial charge in [0.25, 0.3) is 0 Å². The van der Waals surface area contributed by atoms with Gasteiger partial charge in [-0.1, -0.05) is 30.3 Å². The van der Waals surface area contributed by atoms with Crippen molar-refractivity contribution in [3.05, 3.63) is 35.9 Å². The molecule has 108 valence electrons. The predicted molar refractivity (Wildman–Crippen MR) is 82.2 cm³/mol. The minimum absolute atomic E-state index is 0.187. The van der Waals surface area contributed by atoms with Crippen molar-refractivity contribution in [3.63, 3.8) is 0 Å². The first-order valence-electron chi connectivity index (χ1n) is 7.40. The van der Waals surface area contributed by atoms with Gasteiger partial charge in [0.15, 0.2) is 0 Å². The highest BCUT2D eigenvalue weighted by molar-refractivity contribution is 5.15. The summed E-state index contributed by atoms with van der Waals surface area (Å²) in [5.74, 6) is 0. The smallest absolute Gasteiger partial charge is 0.0638 e. The van der Waals surface area contributed by atoms with Gasteiger partial charge in [-0.2, -0.15) is 5.26 Å². The van der Waals surface area contributed by atoms with Crippen molar-refractivity contribution in [1.82, 2.24) is 9.80 Å². The number of benzene rings is 1. The third-order valence-electron chi connectivity index (χ3n) is 4.11. The molecule has 1 aromatic carbocycles. The summed E-state index contributed by atoms with van der Waals surface area (Å²) in [4.78, 5) is 4.96. The van der Waals surface area contributed by atoms with Crippen molar-refractivity contribution in [2.45, 2.75) is 45.3 Å². The van der Waals surface area contributed by atoms with Crippen molar-refractivity contribution >= 4 is 0 Å². The summed E-state index contributed by atoms with van der Waals surface area (Å²) in [6, 6.07) is 13.2. The highest BCUT2D eigenvalue weighted by atomic mass is 15.3. The van der Waals surface area contributed by atoms with E-state index >= 15 is 0 Å². The lowest BCUT2D eigenvalue weighted by Gasteiger charge is -2.46. The average Bonchev–Trinajstić information content (AvgIpc) is 2.41. The van der Waals surface area contributed by atoms with E-state index in [0.717, 1.165) is 26.2 Å². The molecule has 20 heavy (non-hydrogen) atoms. The topological polar surface area (TPSA) is 30.3 Å². The molecule has 3 heteroatoms. The zero-order valence-corrected chi connectivity index (χ0v) is 12.8. The number of nitrogens with zero attached hydrogens (tertiary/aromatic N) is 3. The Bertz CT molecular complexity index is 455. The van der Waals surface area contributed by atoms with Crippen LogP contribution in [0.25, 0.3) is 0 Å². The molecular formula is C17H25N3. The van der Waals surface area contributed by atoms with Crippen LogP contribution >= 0.6 is 0 Å². The quantitative estimate of drug-likeness (QED) is 0.847. The summed E-state index contributed by atoms with van der Waals surface area (Å²) < 4.78 is 0. The molecule has 1 fully saturated rings. The molecule has 1 aliphatic heterocycles. The van der Waals surface area contributed by atoms with Crippen LogP contribution in [-0.4, -0.2) is 41.0 Å². The van der Waals surface area contributed by atoms with Crippen LogP contribution in [0.3, 0.4) is 0 Å². The van der Waals surface area contributed by atoms with Crippen molar-refractivity contribution in [3.8, 4) is 6.07 Å². The highest BCUT2D eigenvalue weighted by Gasteiger charge is 2.32. The van der Waals surface area contributed by atoms with Gasteiger partial charge in [-0.25, -0.2) is 0 Å². The molecule has 3 nitrogen and oxygen atoms in total. The van der Waals surface area contributed by atoms with Crippen LogP contribution in [0.15, 0.2) is 30.3 Å². The van der Waals surface area contributed by atoms with E-state index in [4.69, 9.17) is 5.26 Å². The molecule has 2 rings (SSSR count). The third kappa shape index (κ3) is 3.82. The van der Waals surface area contributed by atoms with E-state index in [1.165, 1.54) is 5.56 Å². The standard InChI is InChI=1S/C17H25N3/c1-17(2,3)20-12-11-19(16(14-20)9-10-18)13-15-7-5-4-6-8-15/h4-8,16H,9,11-14H2,1-3H3/t16-/m0/s1. The molecular weight excluding hydrogens is 246 g/mol. The molecule has 0 radical (unpaired) electrons. The number of nitriles is 1. The first-order valence-corrected chi connectivity index (χ1v) is 7.40. The van der Waals surface area contributed by atoms with E-state index in [9.17, 15) is 0 Å². The maximum atomic E-state index is 9.10. The van der Waals surface area contributed by atoms with E-state index in [0.29, 0.717) is 12.5 Å². The Hall–Kier alpha value is -1.37. The van der Waals surface area contributed by atoms with Crippen LogP contribution in [0.1, 0.15) is 32.8 Å². The third-order valence-corrected chi connectivity index (χ3v) is 4.11. The Morgan fingerprint density at radius 1 is 1.20 bits per heavy atom. The molecule has 1 aromatic rings. The number of hydrogen-bond donors (Lipinski definition) is 0. The summed E-state index contributed by atoms with van der Waals surface area (Å²) in [6.07, 6.45) is 0.611. The molecule has 0 bridgehead atoms. The Morgan fingerprint density at radius 2 is 1.90 bits per heavy atom. The van der Waals surface area contributed by atoms with Crippen molar-refractivity contribution in [2.75, 3.05) is 19.6 Å². The minimum Gasteiger partial charge on any atom is -0.296 e. The Balaban J connectivity index is 2.04. The molecule has 1 saturated heterocycles. The van der Waals surface area contributed by atoms with Crippen molar-refractivity contribution in [2.24, 2.45) is 0 Å². The van der Waals surface area contributed by atoms with Crippen molar-refractivity contribution < 1.29 is 0 Å². The fraction of sp³-hybridized carbons (Fsp3) is 0.588. The van der Waals surface area contributed by atoms with Gasteiger partial charge >= 0.3 is 0 Å². The molecule has 1 aliphatic rings. The van der Waals surface area contributed by atoms with Gasteiger partial charge in [0.05, 0.1) is 12.5 Å². The lowest BCUT2D eigenvalue weighted by Crippen LogP contribution is -2.57. The average molecular weight is 271 g/mol. The van der Waals surface area contributed by atoms with Gasteiger partial charge in [0.2, 0.25) is 0 Å². The monoisotopic (exact) mass is 271 g/mol. The van der Waals surface area contributed by atoms with Crippen LogP contribution in [0.2, 0.25) is 0 Å². The van der Waals surface area contributed by atoms with Gasteiger partial charge in [-0.3, -0.25) is 9.80 Å². The van der Waals surface area contributed by atoms with Gasteiger partial charge in [-0.05, 0) is 26.3 Å². The number of hydrogen-bond acceptors (Lipinski definition) is 3. The summed E-state index contributed by atoms with van der Waals surface area (Å²) in [5.41, 5.74) is 1.52. The van der Waals surface area contributed by atoms with E-state index in [-0.39, 0.29) is 5.54 Å². The van der Waals surface area contributed by atoms with E-state index < -0.39 is 0 Å². The molecule has 0 spiro atoms. The van der Waals surface area contributed by atoms with Gasteiger partial charge in [0.1, 0.15) is 0 Å². The fourth-order valence-corrected chi connectivity index (χ4v) is 2.83. The summed E-state index contributed by atoms with van der Waals surface area (Å²) in [5, 5.41) is 9.10. The van der Waals surface area contributed by atoms with Gasteiger partial charge in [-0.15, -0.1) is 0 Å². The summed E-state index contributed by atoms with van der Waals surface area (Å²) in [6.45, 7) is 10.8. The second kappa shape index (κ2) is 6.39. The van der Waals surface area contributed by atoms with Crippen LogP contribution in [0.4, 0.5) is 0 Å². The fourth-order valence-electron chi connectivity index (χ4n) is 2.83. The zero-order chi connectivity index (χ0) is 14.6. The molecule has 0 aliphatic carbocycles. The zero-order valence-electron chi connectivity index (χ0n) is 12.8. The lowest BCUT2D eigenvalue weighted by atomic mass is 10.00. The van der Waals surface area contributed by atoms with Crippen LogP contribution in [-0.2, 0) is 6.54 Å². The molecule has 1 atom stereocenters. The maximum absolute atomic E-state index is 9.10. The summed E-state index contributed by atoms with van der Waals surface area (Å²) >= 11 is 0.